The van der Waals surface area contributed by atoms with Crippen molar-refractivity contribution < 1.29 is 4.79 Å². The minimum atomic E-state index is 0.171. The molecule has 1 aromatic carbocycles. The van der Waals surface area contributed by atoms with Crippen molar-refractivity contribution in [2.24, 2.45) is 0 Å². The van der Waals surface area contributed by atoms with Gasteiger partial charge in [-0.3, -0.25) is 4.79 Å². The molecule has 3 aromatic rings. The predicted octanol–water partition coefficient (Wildman–Crippen LogP) is 3.94. The number of benzene rings is 1. The molecule has 0 aliphatic carbocycles. The Morgan fingerprint density at radius 3 is 2.77 bits per heavy atom. The Bertz CT molecular complexity index is 830. The van der Waals surface area contributed by atoms with Crippen molar-refractivity contribution in [2.45, 2.75) is 18.9 Å². The molecule has 2 aromatic heterocycles. The molecule has 0 radical (unpaired) electrons. The Morgan fingerprint density at radius 1 is 1.18 bits per heavy atom. The Hall–Kier alpha value is -1.43. The second kappa shape index (κ2) is 5.65. The monoisotopic (exact) mass is 330 g/mol. The second-order valence-corrected chi connectivity index (χ2v) is 7.94. The van der Waals surface area contributed by atoms with Gasteiger partial charge < -0.3 is 10.2 Å². The SMILES string of the molecule is CN(C(=O)c1cc2sc3ccccc3c2s1)C1CCNCC1. The third kappa shape index (κ3) is 2.33. The number of amides is 1. The van der Waals surface area contributed by atoms with E-state index in [4.69, 9.17) is 0 Å². The van der Waals surface area contributed by atoms with Gasteiger partial charge in [-0.15, -0.1) is 22.7 Å². The van der Waals surface area contributed by atoms with Gasteiger partial charge in [0.1, 0.15) is 0 Å². The van der Waals surface area contributed by atoms with Crippen molar-refractivity contribution in [3.8, 4) is 0 Å². The number of hydrogen-bond donors (Lipinski definition) is 1. The van der Waals surface area contributed by atoms with Gasteiger partial charge in [0, 0.05) is 27.9 Å². The van der Waals surface area contributed by atoms with Gasteiger partial charge in [0.05, 0.1) is 9.58 Å². The van der Waals surface area contributed by atoms with E-state index in [0.29, 0.717) is 6.04 Å². The maximum absolute atomic E-state index is 12.8. The van der Waals surface area contributed by atoms with E-state index >= 15 is 0 Å². The lowest BCUT2D eigenvalue weighted by atomic mass is 10.1. The number of hydrogen-bond acceptors (Lipinski definition) is 4. The first-order valence-electron chi connectivity index (χ1n) is 7.63. The van der Waals surface area contributed by atoms with Gasteiger partial charge in [-0.25, -0.2) is 0 Å². The molecule has 3 heterocycles. The van der Waals surface area contributed by atoms with E-state index in [1.165, 1.54) is 19.5 Å². The molecule has 1 saturated heterocycles. The predicted molar refractivity (Wildman–Crippen MR) is 95.2 cm³/mol. The molecule has 5 heteroatoms. The highest BCUT2D eigenvalue weighted by molar-refractivity contribution is 7.33. The van der Waals surface area contributed by atoms with Crippen LogP contribution in [-0.4, -0.2) is 37.0 Å². The number of fused-ring (bicyclic) bond motifs is 3. The number of carbonyl (C=O) groups is 1. The van der Waals surface area contributed by atoms with Crippen LogP contribution in [0.25, 0.3) is 19.5 Å². The molecule has 0 atom stereocenters. The van der Waals surface area contributed by atoms with Crippen molar-refractivity contribution in [3.63, 3.8) is 0 Å². The zero-order valence-corrected chi connectivity index (χ0v) is 14.1. The first-order valence-corrected chi connectivity index (χ1v) is 9.26. The summed E-state index contributed by atoms with van der Waals surface area (Å²) in [5.74, 6) is 0.171. The molecule has 0 unspecified atom stereocenters. The number of thiophene rings is 2. The van der Waals surface area contributed by atoms with Gasteiger partial charge in [0.15, 0.2) is 0 Å². The molecule has 1 fully saturated rings. The van der Waals surface area contributed by atoms with Crippen LogP contribution in [-0.2, 0) is 0 Å². The second-order valence-electron chi connectivity index (χ2n) is 5.80. The van der Waals surface area contributed by atoms with Crippen LogP contribution in [0.5, 0.6) is 0 Å². The summed E-state index contributed by atoms with van der Waals surface area (Å²) in [7, 11) is 1.95. The molecular weight excluding hydrogens is 312 g/mol. The highest BCUT2D eigenvalue weighted by atomic mass is 32.1. The first kappa shape index (κ1) is 14.2. The zero-order chi connectivity index (χ0) is 15.1. The number of rotatable bonds is 2. The molecule has 22 heavy (non-hydrogen) atoms. The Balaban J connectivity index is 1.66. The number of nitrogens with zero attached hydrogens (tertiary/aromatic N) is 1. The fourth-order valence-corrected chi connectivity index (χ4v) is 5.65. The number of piperidine rings is 1. The lowest BCUT2D eigenvalue weighted by Crippen LogP contribution is -2.43. The fourth-order valence-electron chi connectivity index (χ4n) is 3.14. The van der Waals surface area contributed by atoms with Crippen molar-refractivity contribution >= 4 is 48.1 Å². The largest absolute Gasteiger partial charge is 0.338 e. The molecule has 1 aliphatic rings. The van der Waals surface area contributed by atoms with Crippen molar-refractivity contribution in [2.75, 3.05) is 20.1 Å². The maximum atomic E-state index is 12.8. The highest BCUT2D eigenvalue weighted by Gasteiger charge is 2.24. The van der Waals surface area contributed by atoms with Crippen molar-refractivity contribution in [3.05, 3.63) is 35.2 Å². The summed E-state index contributed by atoms with van der Waals surface area (Å²) >= 11 is 3.41. The third-order valence-electron chi connectivity index (χ3n) is 4.44. The van der Waals surface area contributed by atoms with Crippen molar-refractivity contribution in [1.29, 1.82) is 0 Å². The van der Waals surface area contributed by atoms with Crippen LogP contribution < -0.4 is 5.32 Å². The fraction of sp³-hybridized carbons (Fsp3) is 0.353. The van der Waals surface area contributed by atoms with Crippen LogP contribution >= 0.6 is 22.7 Å². The summed E-state index contributed by atoms with van der Waals surface area (Å²) in [6.07, 6.45) is 2.09. The lowest BCUT2D eigenvalue weighted by molar-refractivity contribution is 0.0708. The molecule has 0 bridgehead atoms. The summed E-state index contributed by atoms with van der Waals surface area (Å²) in [5, 5.41) is 4.63. The van der Waals surface area contributed by atoms with Gasteiger partial charge in [-0.2, -0.15) is 0 Å². The van der Waals surface area contributed by atoms with Crippen LogP contribution in [0, 0.1) is 0 Å². The van der Waals surface area contributed by atoms with Gasteiger partial charge in [0.25, 0.3) is 5.91 Å². The topological polar surface area (TPSA) is 32.3 Å². The Kier molecular flexibility index (Phi) is 3.64. The van der Waals surface area contributed by atoms with Gasteiger partial charge in [-0.1, -0.05) is 18.2 Å². The normalized spacial score (nSPS) is 16.4. The smallest absolute Gasteiger partial charge is 0.263 e. The maximum Gasteiger partial charge on any atom is 0.263 e. The molecule has 1 amide bonds. The van der Waals surface area contributed by atoms with Crippen LogP contribution in [0.2, 0.25) is 0 Å². The summed E-state index contributed by atoms with van der Waals surface area (Å²) in [4.78, 5) is 15.6. The first-order chi connectivity index (χ1) is 10.7. The average Bonchev–Trinajstić information content (AvgIpc) is 3.12. The average molecular weight is 330 g/mol. The molecule has 114 valence electrons. The molecular formula is C17H18N2OS2. The van der Waals surface area contributed by atoms with Crippen LogP contribution in [0.3, 0.4) is 0 Å². The number of nitrogens with one attached hydrogen (secondary N) is 1. The highest BCUT2D eigenvalue weighted by Crippen LogP contribution is 2.39. The van der Waals surface area contributed by atoms with E-state index in [1.807, 2.05) is 11.9 Å². The standard InChI is InChI=1S/C17H18N2OS2/c1-19(11-6-8-18-9-7-11)17(20)15-10-14-16(22-15)12-4-2-3-5-13(12)21-14/h2-5,10-11,18H,6-9H2,1H3. The van der Waals surface area contributed by atoms with E-state index in [-0.39, 0.29) is 5.91 Å². The minimum absolute atomic E-state index is 0.171. The van der Waals surface area contributed by atoms with Gasteiger partial charge >= 0.3 is 0 Å². The Labute approximate surface area is 137 Å². The summed E-state index contributed by atoms with van der Waals surface area (Å²) in [6, 6.07) is 10.9. The summed E-state index contributed by atoms with van der Waals surface area (Å²) in [5.41, 5.74) is 0. The quantitative estimate of drug-likeness (QED) is 0.772. The molecule has 1 N–H and O–H groups in total. The van der Waals surface area contributed by atoms with Gasteiger partial charge in [0.2, 0.25) is 0 Å². The lowest BCUT2D eigenvalue weighted by Gasteiger charge is -2.31. The van der Waals surface area contributed by atoms with Crippen molar-refractivity contribution in [1.82, 2.24) is 10.2 Å². The molecule has 0 saturated carbocycles. The zero-order valence-electron chi connectivity index (χ0n) is 12.5. The van der Waals surface area contributed by atoms with E-state index < -0.39 is 0 Å². The summed E-state index contributed by atoms with van der Waals surface area (Å²) in [6.45, 7) is 2.01. The molecule has 0 spiro atoms. The van der Waals surface area contributed by atoms with Crippen LogP contribution in [0.15, 0.2) is 30.3 Å². The molecule has 3 nitrogen and oxygen atoms in total. The molecule has 4 rings (SSSR count). The van der Waals surface area contributed by atoms with Gasteiger partial charge in [-0.05, 0) is 38.1 Å². The van der Waals surface area contributed by atoms with E-state index in [2.05, 4.69) is 35.6 Å². The Morgan fingerprint density at radius 2 is 1.95 bits per heavy atom. The van der Waals surface area contributed by atoms with Crippen LogP contribution in [0.1, 0.15) is 22.5 Å². The van der Waals surface area contributed by atoms with E-state index in [9.17, 15) is 4.79 Å². The minimum Gasteiger partial charge on any atom is -0.338 e. The number of carbonyl (C=O) groups excluding carboxylic acids is 1. The summed E-state index contributed by atoms with van der Waals surface area (Å²) < 4.78 is 3.78. The van der Waals surface area contributed by atoms with E-state index in [1.54, 1.807) is 22.7 Å². The van der Waals surface area contributed by atoms with Crippen LogP contribution in [0.4, 0.5) is 0 Å². The molecule has 1 aliphatic heterocycles. The van der Waals surface area contributed by atoms with E-state index in [0.717, 1.165) is 30.8 Å². The third-order valence-corrected chi connectivity index (χ3v) is 6.84.